The minimum atomic E-state index is -4.85. The Balaban J connectivity index is 1.55. The molecular formula is C24H13BrF4N6O5S. The average molecular weight is 653 g/mol. The van der Waals surface area contributed by atoms with Crippen molar-refractivity contribution in [1.29, 1.82) is 0 Å². The summed E-state index contributed by atoms with van der Waals surface area (Å²) < 4.78 is 61.4. The van der Waals surface area contributed by atoms with Crippen molar-refractivity contribution in [3.8, 4) is 11.1 Å². The third-order valence-corrected chi connectivity index (χ3v) is 7.30. The van der Waals surface area contributed by atoms with Crippen molar-refractivity contribution in [3.05, 3.63) is 91.2 Å². The van der Waals surface area contributed by atoms with Gasteiger partial charge in [-0.3, -0.25) is 9.59 Å². The molecule has 5 aromatic rings. The molecule has 11 nitrogen and oxygen atoms in total. The van der Waals surface area contributed by atoms with Crippen molar-refractivity contribution in [2.45, 2.75) is 12.7 Å². The molecule has 0 bridgehead atoms. The second-order valence-electron chi connectivity index (χ2n) is 8.39. The van der Waals surface area contributed by atoms with Crippen molar-refractivity contribution in [2.75, 3.05) is 5.32 Å². The number of carbonyl (C=O) groups excluding carboxylic acids is 2. The number of aromatic nitrogens is 3. The van der Waals surface area contributed by atoms with Gasteiger partial charge in [0, 0.05) is 5.39 Å². The lowest BCUT2D eigenvalue weighted by atomic mass is 10.0. The minimum Gasteiger partial charge on any atom is -0.454 e. The number of nitrogens with two attached hydrogens (primary N) is 1. The molecular weight excluding hydrogens is 640 g/mol. The van der Waals surface area contributed by atoms with Crippen LogP contribution in [0.15, 0.2) is 57.6 Å². The zero-order valence-corrected chi connectivity index (χ0v) is 22.4. The van der Waals surface area contributed by atoms with Gasteiger partial charge in [0.05, 0.1) is 17.0 Å². The van der Waals surface area contributed by atoms with Gasteiger partial charge in [-0.15, -0.1) is 11.3 Å². The van der Waals surface area contributed by atoms with Crippen molar-refractivity contribution in [1.82, 2.24) is 14.8 Å². The molecule has 41 heavy (non-hydrogen) atoms. The van der Waals surface area contributed by atoms with Crippen LogP contribution in [-0.4, -0.2) is 31.5 Å². The number of thiophene rings is 1. The molecule has 0 saturated heterocycles. The quantitative estimate of drug-likeness (QED) is 0.124. The predicted molar refractivity (Wildman–Crippen MR) is 141 cm³/mol. The number of amides is 2. The van der Waals surface area contributed by atoms with Gasteiger partial charge in [-0.1, -0.05) is 12.1 Å². The number of benzene rings is 1. The van der Waals surface area contributed by atoms with E-state index in [0.29, 0.717) is 11.3 Å². The van der Waals surface area contributed by atoms with Crippen LogP contribution in [0.25, 0.3) is 21.3 Å². The number of nitrogens with zero attached hydrogens (tertiary/aromatic N) is 4. The lowest BCUT2D eigenvalue weighted by molar-refractivity contribution is -0.390. The van der Waals surface area contributed by atoms with Gasteiger partial charge in [0.15, 0.2) is 5.76 Å². The van der Waals surface area contributed by atoms with Gasteiger partial charge in [0.2, 0.25) is 0 Å². The molecule has 0 aliphatic rings. The monoisotopic (exact) mass is 652 g/mol. The van der Waals surface area contributed by atoms with Gasteiger partial charge < -0.3 is 25.6 Å². The van der Waals surface area contributed by atoms with Gasteiger partial charge in [0.1, 0.15) is 38.0 Å². The van der Waals surface area contributed by atoms with Crippen LogP contribution in [0.3, 0.4) is 0 Å². The molecule has 0 fully saturated rings. The summed E-state index contributed by atoms with van der Waals surface area (Å²) in [5.41, 5.74) is 4.11. The summed E-state index contributed by atoms with van der Waals surface area (Å²) >= 11 is 3.58. The summed E-state index contributed by atoms with van der Waals surface area (Å²) in [6.07, 6.45) is -3.51. The number of alkyl halides is 3. The van der Waals surface area contributed by atoms with Crippen molar-refractivity contribution in [2.24, 2.45) is 5.73 Å². The number of nitrogens with one attached hydrogen (secondary N) is 1. The van der Waals surface area contributed by atoms with E-state index in [1.807, 2.05) is 0 Å². The topological polar surface area (TPSA) is 159 Å². The molecule has 5 rings (SSSR count). The summed E-state index contributed by atoms with van der Waals surface area (Å²) in [6, 6.07) is 8.02. The Morgan fingerprint density at radius 2 is 1.90 bits per heavy atom. The Labute approximate surface area is 237 Å². The standard InChI is InChI=1S/C24H13BrF4N6O5S/c25-14-9-34(33-21(14)35(38)39)8-12-5-6-15(40-12)22(37)32-18-17-13(10-1-3-11(26)4-2-10)7-16(24(27,28)29)31-23(17)41-19(18)20(30)36/h1-7,9H,8H2,(H2,30,36)(H,32,37). The number of fused-ring (bicyclic) bond motifs is 1. The third kappa shape index (κ3) is 5.53. The molecule has 0 aliphatic heterocycles. The SMILES string of the molecule is NC(=O)c1sc2nc(C(F)(F)F)cc(-c3ccc(F)cc3)c2c1NC(=O)c1ccc(Cn2cc(Br)c([N+](=O)[O-])n2)o1. The molecule has 0 saturated carbocycles. The molecule has 0 spiro atoms. The highest BCUT2D eigenvalue weighted by atomic mass is 79.9. The van der Waals surface area contributed by atoms with Crippen LogP contribution in [0.2, 0.25) is 0 Å². The number of hydrogen-bond donors (Lipinski definition) is 2. The number of rotatable bonds is 7. The molecule has 0 atom stereocenters. The minimum absolute atomic E-state index is 0.0164. The molecule has 210 valence electrons. The molecule has 4 aromatic heterocycles. The maximum Gasteiger partial charge on any atom is 0.433 e. The number of pyridine rings is 1. The highest BCUT2D eigenvalue weighted by molar-refractivity contribution is 9.10. The average Bonchev–Trinajstić information content (AvgIpc) is 3.61. The predicted octanol–water partition coefficient (Wildman–Crippen LogP) is 5.98. The molecule has 2 amide bonds. The maximum atomic E-state index is 13.7. The smallest absolute Gasteiger partial charge is 0.433 e. The highest BCUT2D eigenvalue weighted by Gasteiger charge is 2.35. The Hall–Kier alpha value is -4.64. The zero-order valence-electron chi connectivity index (χ0n) is 20.0. The number of anilines is 1. The highest BCUT2D eigenvalue weighted by Crippen LogP contribution is 2.43. The largest absolute Gasteiger partial charge is 0.454 e. The number of nitro groups is 1. The van der Waals surface area contributed by atoms with Crippen LogP contribution in [-0.2, 0) is 12.7 Å². The van der Waals surface area contributed by atoms with Crippen LogP contribution in [0, 0.1) is 15.9 Å². The number of carbonyl (C=O) groups is 2. The van der Waals surface area contributed by atoms with Crippen LogP contribution in [0.1, 0.15) is 31.7 Å². The van der Waals surface area contributed by atoms with E-state index in [2.05, 4.69) is 31.3 Å². The van der Waals surface area contributed by atoms with E-state index < -0.39 is 40.2 Å². The summed E-state index contributed by atoms with van der Waals surface area (Å²) in [7, 11) is 0. The third-order valence-electron chi connectivity index (χ3n) is 5.65. The number of halogens is 5. The summed E-state index contributed by atoms with van der Waals surface area (Å²) in [5.74, 6) is -3.02. The normalized spacial score (nSPS) is 11.6. The van der Waals surface area contributed by atoms with Gasteiger partial charge >= 0.3 is 12.0 Å². The fraction of sp³-hybridized carbons (Fsp3) is 0.0833. The van der Waals surface area contributed by atoms with Crippen LogP contribution in [0.5, 0.6) is 0 Å². The Kier molecular flexibility index (Phi) is 7.08. The fourth-order valence-electron chi connectivity index (χ4n) is 3.90. The lowest BCUT2D eigenvalue weighted by Crippen LogP contribution is -2.16. The van der Waals surface area contributed by atoms with Crippen molar-refractivity contribution >= 4 is 60.8 Å². The van der Waals surface area contributed by atoms with E-state index in [0.717, 1.165) is 18.2 Å². The number of primary amides is 1. The molecule has 4 heterocycles. The van der Waals surface area contributed by atoms with E-state index in [1.165, 1.54) is 35.1 Å². The Bertz CT molecular complexity index is 1850. The first-order valence-electron chi connectivity index (χ1n) is 11.2. The number of hydrogen-bond acceptors (Lipinski definition) is 8. The van der Waals surface area contributed by atoms with Crippen LogP contribution in [0.4, 0.5) is 29.1 Å². The van der Waals surface area contributed by atoms with E-state index >= 15 is 0 Å². The van der Waals surface area contributed by atoms with Crippen LogP contribution < -0.4 is 11.1 Å². The molecule has 0 unspecified atom stereocenters. The fourth-order valence-corrected chi connectivity index (χ4v) is 5.37. The first-order valence-corrected chi connectivity index (χ1v) is 12.8. The van der Waals surface area contributed by atoms with E-state index in [4.69, 9.17) is 10.2 Å². The van der Waals surface area contributed by atoms with Gasteiger partial charge in [-0.2, -0.15) is 17.9 Å². The number of furan rings is 1. The lowest BCUT2D eigenvalue weighted by Gasteiger charge is -2.12. The van der Waals surface area contributed by atoms with E-state index in [-0.39, 0.29) is 54.4 Å². The van der Waals surface area contributed by atoms with Crippen molar-refractivity contribution < 1.29 is 36.5 Å². The van der Waals surface area contributed by atoms with Gasteiger partial charge in [-0.25, -0.2) is 9.37 Å². The Morgan fingerprint density at radius 1 is 1.20 bits per heavy atom. The molecule has 17 heteroatoms. The molecule has 0 aliphatic carbocycles. The summed E-state index contributed by atoms with van der Waals surface area (Å²) in [6.45, 7) is -0.0769. The van der Waals surface area contributed by atoms with Crippen LogP contribution >= 0.6 is 27.3 Å². The first kappa shape index (κ1) is 27.9. The molecule has 1 aromatic carbocycles. The van der Waals surface area contributed by atoms with E-state index in [1.54, 1.807) is 0 Å². The second-order valence-corrected chi connectivity index (χ2v) is 10.2. The van der Waals surface area contributed by atoms with Gasteiger partial charge in [0.25, 0.3) is 11.8 Å². The van der Waals surface area contributed by atoms with Gasteiger partial charge in [-0.05, 0) is 62.3 Å². The Morgan fingerprint density at radius 3 is 2.51 bits per heavy atom. The zero-order chi connectivity index (χ0) is 29.6. The van der Waals surface area contributed by atoms with E-state index in [9.17, 15) is 37.3 Å². The molecule has 0 radical (unpaired) electrons. The first-order chi connectivity index (χ1) is 19.3. The molecule has 3 N–H and O–H groups in total. The van der Waals surface area contributed by atoms with Crippen molar-refractivity contribution in [3.63, 3.8) is 0 Å². The summed E-state index contributed by atoms with van der Waals surface area (Å²) in [4.78, 5) is 38.9. The maximum absolute atomic E-state index is 13.7. The second kappa shape index (κ2) is 10.4. The summed E-state index contributed by atoms with van der Waals surface area (Å²) in [5, 5.41) is 17.3.